The second-order valence-corrected chi connectivity index (χ2v) is 6.16. The molecule has 0 spiro atoms. The zero-order chi connectivity index (χ0) is 19.8. The summed E-state index contributed by atoms with van der Waals surface area (Å²) in [6.45, 7) is 3.13. The van der Waals surface area contributed by atoms with E-state index >= 15 is 0 Å². The largest absolute Gasteiger partial charge is 0.484 e. The Kier molecular flexibility index (Phi) is 6.93. The minimum atomic E-state index is -0.319. The molecule has 0 radical (unpaired) electrons. The first-order chi connectivity index (χ1) is 12.8. The Morgan fingerprint density at radius 2 is 1.48 bits per heavy atom. The molecule has 0 unspecified atom stereocenters. The maximum absolute atomic E-state index is 12.1. The number of nitrogens with zero attached hydrogens (tertiary/aromatic N) is 1. The average molecular weight is 369 g/mol. The van der Waals surface area contributed by atoms with E-state index in [1.54, 1.807) is 31.3 Å². The van der Waals surface area contributed by atoms with Crippen molar-refractivity contribution in [1.29, 1.82) is 0 Å². The van der Waals surface area contributed by atoms with Crippen LogP contribution in [0.3, 0.4) is 0 Å². The molecule has 142 valence electrons. The molecule has 7 heteroatoms. The second-order valence-electron chi connectivity index (χ2n) is 6.16. The zero-order valence-electron chi connectivity index (χ0n) is 15.6. The van der Waals surface area contributed by atoms with Crippen LogP contribution in [0.5, 0.6) is 5.75 Å². The predicted octanol–water partition coefficient (Wildman–Crippen LogP) is 2.43. The molecule has 0 saturated carbocycles. The summed E-state index contributed by atoms with van der Waals surface area (Å²) in [7, 11) is 1.54. The lowest BCUT2D eigenvalue weighted by Crippen LogP contribution is -2.37. The van der Waals surface area contributed by atoms with E-state index in [1.165, 1.54) is 11.8 Å². The SMILES string of the molecule is CC(=O)Nc1ccc(OCC(=O)N(C)CC(=O)Nc2ccc(C)cc2)cc1. The Bertz CT molecular complexity index is 801. The van der Waals surface area contributed by atoms with Crippen molar-refractivity contribution in [2.45, 2.75) is 13.8 Å². The lowest BCUT2D eigenvalue weighted by molar-refractivity contribution is -0.135. The van der Waals surface area contributed by atoms with E-state index in [0.717, 1.165) is 5.56 Å². The molecule has 0 aromatic heterocycles. The van der Waals surface area contributed by atoms with Crippen molar-refractivity contribution in [2.24, 2.45) is 0 Å². The minimum absolute atomic E-state index is 0.0719. The number of carbonyl (C=O) groups is 3. The Morgan fingerprint density at radius 3 is 2.07 bits per heavy atom. The summed E-state index contributed by atoms with van der Waals surface area (Å²) >= 11 is 0. The quantitative estimate of drug-likeness (QED) is 0.785. The summed E-state index contributed by atoms with van der Waals surface area (Å²) in [4.78, 5) is 36.4. The molecule has 3 amide bonds. The number of carbonyl (C=O) groups excluding carboxylic acids is 3. The summed E-state index contributed by atoms with van der Waals surface area (Å²) in [5.41, 5.74) is 2.43. The molecular weight excluding hydrogens is 346 g/mol. The second kappa shape index (κ2) is 9.38. The highest BCUT2D eigenvalue weighted by molar-refractivity contribution is 5.94. The van der Waals surface area contributed by atoms with E-state index < -0.39 is 0 Å². The molecular formula is C20H23N3O4. The Morgan fingerprint density at radius 1 is 0.926 bits per heavy atom. The van der Waals surface area contributed by atoms with Crippen molar-refractivity contribution in [3.05, 3.63) is 54.1 Å². The van der Waals surface area contributed by atoms with Crippen LogP contribution in [0, 0.1) is 6.92 Å². The van der Waals surface area contributed by atoms with Gasteiger partial charge in [-0.15, -0.1) is 0 Å². The summed E-state index contributed by atoms with van der Waals surface area (Å²) in [6.07, 6.45) is 0. The van der Waals surface area contributed by atoms with E-state index in [1.807, 2.05) is 31.2 Å². The number of benzene rings is 2. The van der Waals surface area contributed by atoms with E-state index in [2.05, 4.69) is 10.6 Å². The van der Waals surface area contributed by atoms with Crippen LogP contribution in [0.4, 0.5) is 11.4 Å². The standard InChI is InChI=1S/C20H23N3O4/c1-14-4-6-17(7-5-14)22-19(25)12-23(3)20(26)13-27-18-10-8-16(9-11-18)21-15(2)24/h4-11H,12-13H2,1-3H3,(H,21,24)(H,22,25). The summed E-state index contributed by atoms with van der Waals surface area (Å²) in [6, 6.07) is 14.1. The monoisotopic (exact) mass is 369 g/mol. The first-order valence-electron chi connectivity index (χ1n) is 8.44. The van der Waals surface area contributed by atoms with Gasteiger partial charge in [-0.1, -0.05) is 17.7 Å². The van der Waals surface area contributed by atoms with Gasteiger partial charge < -0.3 is 20.3 Å². The zero-order valence-corrected chi connectivity index (χ0v) is 15.6. The van der Waals surface area contributed by atoms with E-state index in [9.17, 15) is 14.4 Å². The molecule has 0 fully saturated rings. The third-order valence-electron chi connectivity index (χ3n) is 3.68. The predicted molar refractivity (Wildman–Crippen MR) is 104 cm³/mol. The van der Waals surface area contributed by atoms with Crippen LogP contribution in [0.2, 0.25) is 0 Å². The number of rotatable bonds is 7. The molecule has 0 aliphatic heterocycles. The average Bonchev–Trinajstić information content (AvgIpc) is 2.62. The van der Waals surface area contributed by atoms with Crippen LogP contribution in [-0.4, -0.2) is 42.8 Å². The number of anilines is 2. The number of likely N-dealkylation sites (N-methyl/N-ethyl adjacent to an activating group) is 1. The van der Waals surface area contributed by atoms with Crippen LogP contribution in [0.15, 0.2) is 48.5 Å². The van der Waals surface area contributed by atoms with Gasteiger partial charge in [-0.25, -0.2) is 0 Å². The number of hydrogen-bond acceptors (Lipinski definition) is 4. The van der Waals surface area contributed by atoms with Gasteiger partial charge in [0.05, 0.1) is 6.54 Å². The topological polar surface area (TPSA) is 87.7 Å². The van der Waals surface area contributed by atoms with Crippen LogP contribution in [0.25, 0.3) is 0 Å². The molecule has 2 aromatic carbocycles. The van der Waals surface area contributed by atoms with Gasteiger partial charge in [0, 0.05) is 25.3 Å². The number of hydrogen-bond donors (Lipinski definition) is 2. The molecule has 2 rings (SSSR count). The first kappa shape index (κ1) is 20.0. The lowest BCUT2D eigenvalue weighted by atomic mass is 10.2. The van der Waals surface area contributed by atoms with Crippen molar-refractivity contribution >= 4 is 29.1 Å². The smallest absolute Gasteiger partial charge is 0.260 e. The summed E-state index contributed by atoms with van der Waals surface area (Å²) < 4.78 is 5.43. The Labute approximate surface area is 158 Å². The Hall–Kier alpha value is -3.35. The van der Waals surface area contributed by atoms with Gasteiger partial charge in [0.2, 0.25) is 11.8 Å². The van der Waals surface area contributed by atoms with E-state index in [-0.39, 0.29) is 30.9 Å². The highest BCUT2D eigenvalue weighted by Gasteiger charge is 2.14. The number of nitrogens with one attached hydrogen (secondary N) is 2. The third-order valence-corrected chi connectivity index (χ3v) is 3.68. The van der Waals surface area contributed by atoms with Crippen LogP contribution in [-0.2, 0) is 14.4 Å². The van der Waals surface area contributed by atoms with Crippen LogP contribution < -0.4 is 15.4 Å². The molecule has 0 aliphatic rings. The first-order valence-corrected chi connectivity index (χ1v) is 8.44. The van der Waals surface area contributed by atoms with E-state index in [0.29, 0.717) is 17.1 Å². The lowest BCUT2D eigenvalue weighted by Gasteiger charge is -2.17. The number of ether oxygens (including phenoxy) is 1. The van der Waals surface area contributed by atoms with Crippen LogP contribution >= 0.6 is 0 Å². The van der Waals surface area contributed by atoms with Gasteiger partial charge in [0.25, 0.3) is 5.91 Å². The van der Waals surface area contributed by atoms with Crippen molar-refractivity contribution in [3.63, 3.8) is 0 Å². The molecule has 0 bridgehead atoms. The molecule has 0 atom stereocenters. The minimum Gasteiger partial charge on any atom is -0.484 e. The molecule has 27 heavy (non-hydrogen) atoms. The molecule has 2 N–H and O–H groups in total. The third kappa shape index (κ3) is 6.81. The van der Waals surface area contributed by atoms with Crippen molar-refractivity contribution in [2.75, 3.05) is 30.8 Å². The van der Waals surface area contributed by atoms with Crippen molar-refractivity contribution in [3.8, 4) is 5.75 Å². The van der Waals surface area contributed by atoms with Gasteiger partial charge in [-0.05, 0) is 43.3 Å². The molecule has 2 aromatic rings. The van der Waals surface area contributed by atoms with Gasteiger partial charge in [-0.3, -0.25) is 14.4 Å². The maximum atomic E-state index is 12.1. The molecule has 0 heterocycles. The van der Waals surface area contributed by atoms with Gasteiger partial charge in [0.15, 0.2) is 6.61 Å². The highest BCUT2D eigenvalue weighted by atomic mass is 16.5. The molecule has 7 nitrogen and oxygen atoms in total. The Balaban J connectivity index is 1.78. The fraction of sp³-hybridized carbons (Fsp3) is 0.250. The van der Waals surface area contributed by atoms with Gasteiger partial charge in [0.1, 0.15) is 5.75 Å². The fourth-order valence-corrected chi connectivity index (χ4v) is 2.23. The van der Waals surface area contributed by atoms with Crippen molar-refractivity contribution in [1.82, 2.24) is 4.90 Å². The van der Waals surface area contributed by atoms with Crippen molar-refractivity contribution < 1.29 is 19.1 Å². The summed E-state index contributed by atoms with van der Waals surface area (Å²) in [5, 5.41) is 5.39. The van der Waals surface area contributed by atoms with Crippen LogP contribution in [0.1, 0.15) is 12.5 Å². The summed E-state index contributed by atoms with van der Waals surface area (Å²) in [5.74, 6) is -0.270. The number of aryl methyl sites for hydroxylation is 1. The fourth-order valence-electron chi connectivity index (χ4n) is 2.23. The maximum Gasteiger partial charge on any atom is 0.260 e. The number of amides is 3. The molecule has 0 saturated heterocycles. The van der Waals surface area contributed by atoms with Gasteiger partial charge >= 0.3 is 0 Å². The molecule has 0 aliphatic carbocycles. The normalized spacial score (nSPS) is 10.0. The van der Waals surface area contributed by atoms with Gasteiger partial charge in [-0.2, -0.15) is 0 Å². The highest BCUT2D eigenvalue weighted by Crippen LogP contribution is 2.15. The van der Waals surface area contributed by atoms with E-state index in [4.69, 9.17) is 4.74 Å².